The van der Waals surface area contributed by atoms with E-state index in [-0.39, 0.29) is 22.7 Å². The van der Waals surface area contributed by atoms with Crippen molar-refractivity contribution in [1.29, 1.82) is 0 Å². The molecule has 4 nitrogen and oxygen atoms in total. The summed E-state index contributed by atoms with van der Waals surface area (Å²) in [4.78, 5) is 25.6. The number of aliphatic carboxylic acids is 1. The van der Waals surface area contributed by atoms with E-state index in [0.29, 0.717) is 5.92 Å². The summed E-state index contributed by atoms with van der Waals surface area (Å²) in [6.07, 6.45) is 3.41. The van der Waals surface area contributed by atoms with Gasteiger partial charge in [-0.15, -0.1) is 0 Å². The Kier molecular flexibility index (Phi) is 3.87. The van der Waals surface area contributed by atoms with Crippen LogP contribution in [0.3, 0.4) is 0 Å². The summed E-state index contributed by atoms with van der Waals surface area (Å²) in [7, 11) is 0. The van der Waals surface area contributed by atoms with E-state index < -0.39 is 5.97 Å². The quantitative estimate of drug-likeness (QED) is 0.862. The second kappa shape index (κ2) is 5.05. The van der Waals surface area contributed by atoms with E-state index in [0.717, 1.165) is 38.8 Å². The van der Waals surface area contributed by atoms with Crippen molar-refractivity contribution in [2.24, 2.45) is 22.7 Å². The molecule has 1 unspecified atom stereocenters. The number of carboxylic acid groups (broad SMARTS) is 1. The number of hydrogen-bond acceptors (Lipinski definition) is 2. The second-order valence-electron chi connectivity index (χ2n) is 7.73. The third kappa shape index (κ3) is 2.84. The number of carbonyl (C=O) groups is 2. The van der Waals surface area contributed by atoms with Gasteiger partial charge < -0.3 is 10.0 Å². The van der Waals surface area contributed by atoms with Gasteiger partial charge in [-0.2, -0.15) is 0 Å². The molecule has 1 atom stereocenters. The number of amides is 1. The number of rotatable bonds is 4. The lowest BCUT2D eigenvalue weighted by atomic mass is 9.81. The molecule has 0 bridgehead atoms. The normalized spacial score (nSPS) is 25.1. The van der Waals surface area contributed by atoms with Crippen molar-refractivity contribution in [1.82, 2.24) is 4.90 Å². The molecule has 20 heavy (non-hydrogen) atoms. The molecule has 0 aromatic carbocycles. The molecule has 0 aromatic heterocycles. The monoisotopic (exact) mass is 281 g/mol. The summed E-state index contributed by atoms with van der Waals surface area (Å²) in [5.74, 6) is -0.0909. The van der Waals surface area contributed by atoms with Crippen molar-refractivity contribution in [3.8, 4) is 0 Å². The van der Waals surface area contributed by atoms with Crippen molar-refractivity contribution in [2.45, 2.75) is 53.4 Å². The largest absolute Gasteiger partial charge is 0.481 e. The standard InChI is InChI=1S/C16H27NO3/c1-11(2)9-15(3,4)14(20)17-7-5-16(6-8-17)10-12(16)13(18)19/h11-12H,5-10H2,1-4H3,(H,18,19). The van der Waals surface area contributed by atoms with Crippen LogP contribution in [0.2, 0.25) is 0 Å². The van der Waals surface area contributed by atoms with Gasteiger partial charge in [-0.1, -0.05) is 27.7 Å². The molecular weight excluding hydrogens is 254 g/mol. The Morgan fingerprint density at radius 1 is 1.30 bits per heavy atom. The second-order valence-corrected chi connectivity index (χ2v) is 7.73. The van der Waals surface area contributed by atoms with Crippen LogP contribution in [0.15, 0.2) is 0 Å². The molecular formula is C16H27NO3. The van der Waals surface area contributed by atoms with Crippen LogP contribution in [0.25, 0.3) is 0 Å². The van der Waals surface area contributed by atoms with Gasteiger partial charge in [-0.25, -0.2) is 0 Å². The highest BCUT2D eigenvalue weighted by atomic mass is 16.4. The number of piperidine rings is 1. The van der Waals surface area contributed by atoms with E-state index in [4.69, 9.17) is 5.11 Å². The van der Waals surface area contributed by atoms with Crippen molar-refractivity contribution in [3.63, 3.8) is 0 Å². The maximum absolute atomic E-state index is 12.6. The summed E-state index contributed by atoms with van der Waals surface area (Å²) in [5.41, 5.74) is -0.306. The number of likely N-dealkylation sites (tertiary alicyclic amines) is 1. The molecule has 1 saturated heterocycles. The van der Waals surface area contributed by atoms with E-state index in [2.05, 4.69) is 13.8 Å². The van der Waals surface area contributed by atoms with E-state index in [9.17, 15) is 9.59 Å². The average Bonchev–Trinajstić information content (AvgIpc) is 3.02. The SMILES string of the molecule is CC(C)CC(C)(C)C(=O)N1CCC2(CC1)CC2C(=O)O. The molecule has 0 aromatic rings. The fourth-order valence-corrected chi connectivity index (χ4v) is 3.94. The summed E-state index contributed by atoms with van der Waals surface area (Å²) < 4.78 is 0. The maximum atomic E-state index is 12.6. The van der Waals surface area contributed by atoms with Gasteiger partial charge >= 0.3 is 5.97 Å². The molecule has 1 heterocycles. The number of carboxylic acids is 1. The lowest BCUT2D eigenvalue weighted by Gasteiger charge is -2.38. The third-order valence-electron chi connectivity index (χ3n) is 5.03. The highest BCUT2D eigenvalue weighted by molar-refractivity contribution is 5.82. The van der Waals surface area contributed by atoms with E-state index in [1.165, 1.54) is 0 Å². The predicted octanol–water partition coefficient (Wildman–Crippen LogP) is 2.77. The summed E-state index contributed by atoms with van der Waals surface area (Å²) in [6.45, 7) is 9.78. The lowest BCUT2D eigenvalue weighted by molar-refractivity contribution is -0.143. The van der Waals surface area contributed by atoms with Crippen LogP contribution >= 0.6 is 0 Å². The first kappa shape index (κ1) is 15.3. The highest BCUT2D eigenvalue weighted by Crippen LogP contribution is 2.59. The van der Waals surface area contributed by atoms with Crippen LogP contribution in [0, 0.1) is 22.7 Å². The first-order valence-electron chi connectivity index (χ1n) is 7.70. The van der Waals surface area contributed by atoms with Crippen LogP contribution in [0.1, 0.15) is 53.4 Å². The molecule has 2 aliphatic rings. The Bertz CT molecular complexity index is 406. The predicted molar refractivity (Wildman–Crippen MR) is 77.2 cm³/mol. The highest BCUT2D eigenvalue weighted by Gasteiger charge is 2.59. The molecule has 1 aliphatic carbocycles. The smallest absolute Gasteiger partial charge is 0.307 e. The molecule has 2 fully saturated rings. The van der Waals surface area contributed by atoms with Gasteiger partial charge in [0, 0.05) is 18.5 Å². The summed E-state index contributed by atoms with van der Waals surface area (Å²) in [5, 5.41) is 9.09. The zero-order chi connectivity index (χ0) is 15.1. The van der Waals surface area contributed by atoms with Crippen molar-refractivity contribution >= 4 is 11.9 Å². The Hall–Kier alpha value is -1.06. The fraction of sp³-hybridized carbons (Fsp3) is 0.875. The Morgan fingerprint density at radius 2 is 1.85 bits per heavy atom. The minimum atomic E-state index is -0.662. The Morgan fingerprint density at radius 3 is 2.25 bits per heavy atom. The van der Waals surface area contributed by atoms with E-state index in [1.807, 2.05) is 18.7 Å². The van der Waals surface area contributed by atoms with Gasteiger partial charge in [0.05, 0.1) is 5.92 Å². The third-order valence-corrected chi connectivity index (χ3v) is 5.03. The number of nitrogens with zero attached hydrogens (tertiary/aromatic N) is 1. The molecule has 114 valence electrons. The lowest BCUT2D eigenvalue weighted by Crippen LogP contribution is -2.46. The van der Waals surface area contributed by atoms with Crippen LogP contribution in [0.5, 0.6) is 0 Å². The molecule has 1 aliphatic heterocycles. The molecule has 1 amide bonds. The van der Waals surface area contributed by atoms with Gasteiger partial charge in [-0.05, 0) is 37.0 Å². The Labute approximate surface area is 121 Å². The minimum absolute atomic E-state index is 0.00477. The Balaban J connectivity index is 1.91. The van der Waals surface area contributed by atoms with Crippen molar-refractivity contribution < 1.29 is 14.7 Å². The molecule has 1 saturated carbocycles. The van der Waals surface area contributed by atoms with Crippen LogP contribution < -0.4 is 0 Å². The van der Waals surface area contributed by atoms with Crippen LogP contribution in [-0.4, -0.2) is 35.0 Å². The fourth-order valence-electron chi connectivity index (χ4n) is 3.94. The van der Waals surface area contributed by atoms with Crippen LogP contribution in [0.4, 0.5) is 0 Å². The van der Waals surface area contributed by atoms with E-state index >= 15 is 0 Å². The number of carbonyl (C=O) groups excluding carboxylic acids is 1. The zero-order valence-electron chi connectivity index (χ0n) is 13.1. The van der Waals surface area contributed by atoms with Gasteiger partial charge in [0.1, 0.15) is 0 Å². The first-order chi connectivity index (χ1) is 9.18. The molecule has 1 N–H and O–H groups in total. The zero-order valence-corrected chi connectivity index (χ0v) is 13.1. The minimum Gasteiger partial charge on any atom is -0.481 e. The van der Waals surface area contributed by atoms with Gasteiger partial charge in [0.2, 0.25) is 5.91 Å². The van der Waals surface area contributed by atoms with Crippen LogP contribution in [-0.2, 0) is 9.59 Å². The van der Waals surface area contributed by atoms with Crippen molar-refractivity contribution in [3.05, 3.63) is 0 Å². The summed E-state index contributed by atoms with van der Waals surface area (Å²) in [6, 6.07) is 0. The maximum Gasteiger partial charge on any atom is 0.307 e. The van der Waals surface area contributed by atoms with Crippen molar-refractivity contribution in [2.75, 3.05) is 13.1 Å². The topological polar surface area (TPSA) is 57.6 Å². The number of hydrogen-bond donors (Lipinski definition) is 1. The van der Waals surface area contributed by atoms with E-state index in [1.54, 1.807) is 0 Å². The summed E-state index contributed by atoms with van der Waals surface area (Å²) >= 11 is 0. The first-order valence-corrected chi connectivity index (χ1v) is 7.70. The van der Waals surface area contributed by atoms with Gasteiger partial charge in [-0.3, -0.25) is 9.59 Å². The molecule has 2 rings (SSSR count). The molecule has 0 radical (unpaired) electrons. The molecule has 1 spiro atoms. The van der Waals surface area contributed by atoms with Gasteiger partial charge in [0.25, 0.3) is 0 Å². The molecule has 4 heteroatoms. The average molecular weight is 281 g/mol. The van der Waals surface area contributed by atoms with Gasteiger partial charge in [0.15, 0.2) is 0 Å².